The van der Waals surface area contributed by atoms with Gasteiger partial charge in [0, 0.05) is 17.1 Å². The van der Waals surface area contributed by atoms with Gasteiger partial charge in [0.05, 0.1) is 12.1 Å². The molecule has 0 bridgehead atoms. The molecular formula is C13H18ClNO2. The summed E-state index contributed by atoms with van der Waals surface area (Å²) in [5, 5.41) is 9.85. The molecule has 0 aliphatic heterocycles. The second-order valence-corrected chi connectivity index (χ2v) is 4.78. The first-order valence-electron chi connectivity index (χ1n) is 5.60. The third-order valence-corrected chi connectivity index (χ3v) is 2.94. The smallest absolute Gasteiger partial charge is 0.179 e. The van der Waals surface area contributed by atoms with Crippen molar-refractivity contribution in [2.45, 2.75) is 26.0 Å². The Morgan fingerprint density at radius 2 is 2.12 bits per heavy atom. The SMILES string of the molecule is CC(O)CN(C)C(C)C(=O)c1cccc(Cl)c1. The zero-order chi connectivity index (χ0) is 13.0. The van der Waals surface area contributed by atoms with Crippen LogP contribution in [0.2, 0.25) is 5.02 Å². The van der Waals surface area contributed by atoms with Gasteiger partial charge in [-0.05, 0) is 33.0 Å². The Bertz CT molecular complexity index is 393. The van der Waals surface area contributed by atoms with Gasteiger partial charge in [0.2, 0.25) is 0 Å². The van der Waals surface area contributed by atoms with Crippen molar-refractivity contribution in [2.24, 2.45) is 0 Å². The van der Waals surface area contributed by atoms with E-state index in [4.69, 9.17) is 11.6 Å². The summed E-state index contributed by atoms with van der Waals surface area (Å²) < 4.78 is 0. The fourth-order valence-corrected chi connectivity index (χ4v) is 1.85. The molecule has 1 rings (SSSR count). The van der Waals surface area contributed by atoms with Gasteiger partial charge in [-0.3, -0.25) is 9.69 Å². The lowest BCUT2D eigenvalue weighted by Crippen LogP contribution is -2.39. The van der Waals surface area contributed by atoms with Crippen LogP contribution in [0, 0.1) is 0 Å². The molecule has 0 heterocycles. The molecule has 17 heavy (non-hydrogen) atoms. The number of likely N-dealkylation sites (N-methyl/N-ethyl adjacent to an activating group) is 1. The minimum atomic E-state index is -0.449. The average molecular weight is 256 g/mol. The van der Waals surface area contributed by atoms with E-state index in [1.54, 1.807) is 31.2 Å². The second-order valence-electron chi connectivity index (χ2n) is 4.34. The molecular weight excluding hydrogens is 238 g/mol. The van der Waals surface area contributed by atoms with Crippen LogP contribution in [-0.2, 0) is 0 Å². The van der Waals surface area contributed by atoms with E-state index >= 15 is 0 Å². The molecule has 0 aromatic heterocycles. The molecule has 4 heteroatoms. The maximum atomic E-state index is 12.1. The number of nitrogens with zero attached hydrogens (tertiary/aromatic N) is 1. The van der Waals surface area contributed by atoms with Crippen molar-refractivity contribution in [1.82, 2.24) is 4.90 Å². The number of Topliss-reactive ketones (excluding diaryl/α,β-unsaturated/α-hetero) is 1. The summed E-state index contributed by atoms with van der Waals surface area (Å²) >= 11 is 5.85. The van der Waals surface area contributed by atoms with Crippen molar-refractivity contribution in [3.05, 3.63) is 34.9 Å². The van der Waals surface area contributed by atoms with Crippen LogP contribution in [0.5, 0.6) is 0 Å². The highest BCUT2D eigenvalue weighted by molar-refractivity contribution is 6.31. The molecule has 1 aromatic carbocycles. The van der Waals surface area contributed by atoms with E-state index in [9.17, 15) is 9.90 Å². The predicted molar refractivity (Wildman–Crippen MR) is 69.6 cm³/mol. The van der Waals surface area contributed by atoms with Gasteiger partial charge in [-0.15, -0.1) is 0 Å². The zero-order valence-electron chi connectivity index (χ0n) is 10.4. The number of halogens is 1. The summed E-state index contributed by atoms with van der Waals surface area (Å²) in [6, 6.07) is 6.64. The third-order valence-electron chi connectivity index (χ3n) is 2.70. The number of carbonyl (C=O) groups is 1. The monoisotopic (exact) mass is 255 g/mol. The van der Waals surface area contributed by atoms with Crippen molar-refractivity contribution in [3.8, 4) is 0 Å². The van der Waals surface area contributed by atoms with Crippen molar-refractivity contribution in [3.63, 3.8) is 0 Å². The predicted octanol–water partition coefficient (Wildman–Crippen LogP) is 2.22. The molecule has 0 saturated heterocycles. The molecule has 2 unspecified atom stereocenters. The van der Waals surface area contributed by atoms with Gasteiger partial charge in [0.15, 0.2) is 5.78 Å². The second kappa shape index (κ2) is 6.15. The van der Waals surface area contributed by atoms with E-state index in [-0.39, 0.29) is 11.8 Å². The number of ketones is 1. The highest BCUT2D eigenvalue weighted by Gasteiger charge is 2.20. The van der Waals surface area contributed by atoms with Crippen LogP contribution in [0.15, 0.2) is 24.3 Å². The number of rotatable bonds is 5. The highest BCUT2D eigenvalue weighted by Crippen LogP contribution is 2.14. The molecule has 0 aliphatic rings. The fourth-order valence-electron chi connectivity index (χ4n) is 1.66. The number of carbonyl (C=O) groups excluding carboxylic acids is 1. The summed E-state index contributed by atoms with van der Waals surface area (Å²) in [6.45, 7) is 3.99. The van der Waals surface area contributed by atoms with E-state index in [0.717, 1.165) is 0 Å². The van der Waals surface area contributed by atoms with Gasteiger partial charge >= 0.3 is 0 Å². The molecule has 1 aromatic rings. The quantitative estimate of drug-likeness (QED) is 0.821. The number of aliphatic hydroxyl groups is 1. The third kappa shape index (κ3) is 4.11. The Morgan fingerprint density at radius 1 is 1.47 bits per heavy atom. The molecule has 0 spiro atoms. The molecule has 0 fully saturated rings. The zero-order valence-corrected chi connectivity index (χ0v) is 11.1. The summed E-state index contributed by atoms with van der Waals surface area (Å²) in [5.41, 5.74) is 0.599. The molecule has 2 atom stereocenters. The van der Waals surface area contributed by atoms with Gasteiger partial charge in [-0.2, -0.15) is 0 Å². The van der Waals surface area contributed by atoms with E-state index in [0.29, 0.717) is 17.1 Å². The Morgan fingerprint density at radius 3 is 2.65 bits per heavy atom. The number of aliphatic hydroxyl groups excluding tert-OH is 1. The van der Waals surface area contributed by atoms with Crippen LogP contribution in [0.4, 0.5) is 0 Å². The number of hydrogen-bond donors (Lipinski definition) is 1. The first kappa shape index (κ1) is 14.2. The standard InChI is InChI=1S/C13H18ClNO2/c1-9(16)8-15(3)10(2)13(17)11-5-4-6-12(14)7-11/h4-7,9-10,16H,8H2,1-3H3. The number of benzene rings is 1. The lowest BCUT2D eigenvalue weighted by molar-refractivity contribution is 0.0788. The van der Waals surface area contributed by atoms with Gasteiger partial charge in [0.25, 0.3) is 0 Å². The summed E-state index contributed by atoms with van der Waals surface area (Å²) in [7, 11) is 1.82. The van der Waals surface area contributed by atoms with Crippen LogP contribution in [0.3, 0.4) is 0 Å². The van der Waals surface area contributed by atoms with Crippen LogP contribution in [-0.4, -0.2) is 41.5 Å². The van der Waals surface area contributed by atoms with Gasteiger partial charge in [-0.1, -0.05) is 23.7 Å². The van der Waals surface area contributed by atoms with Crippen LogP contribution in [0.1, 0.15) is 24.2 Å². The molecule has 0 radical (unpaired) electrons. The van der Waals surface area contributed by atoms with Crippen LogP contribution in [0.25, 0.3) is 0 Å². The molecule has 0 amide bonds. The van der Waals surface area contributed by atoms with Crippen molar-refractivity contribution in [2.75, 3.05) is 13.6 Å². The average Bonchev–Trinajstić information content (AvgIpc) is 2.26. The van der Waals surface area contributed by atoms with Gasteiger partial charge in [-0.25, -0.2) is 0 Å². The summed E-state index contributed by atoms with van der Waals surface area (Å²) in [4.78, 5) is 14.0. The maximum absolute atomic E-state index is 12.1. The van der Waals surface area contributed by atoms with Crippen molar-refractivity contribution in [1.29, 1.82) is 0 Å². The first-order chi connectivity index (χ1) is 7.91. The highest BCUT2D eigenvalue weighted by atomic mass is 35.5. The number of hydrogen-bond acceptors (Lipinski definition) is 3. The minimum absolute atomic E-state index is 0.00986. The fraction of sp³-hybridized carbons (Fsp3) is 0.462. The van der Waals surface area contributed by atoms with E-state index in [2.05, 4.69) is 0 Å². The Hall–Kier alpha value is -0.900. The maximum Gasteiger partial charge on any atom is 0.179 e. The largest absolute Gasteiger partial charge is 0.392 e. The lowest BCUT2D eigenvalue weighted by atomic mass is 10.0. The van der Waals surface area contributed by atoms with Gasteiger partial charge < -0.3 is 5.11 Å². The lowest BCUT2D eigenvalue weighted by Gasteiger charge is -2.24. The summed E-state index contributed by atoms with van der Waals surface area (Å²) in [5.74, 6) is 0.00986. The summed E-state index contributed by atoms with van der Waals surface area (Å²) in [6.07, 6.45) is -0.449. The molecule has 1 N–H and O–H groups in total. The van der Waals surface area contributed by atoms with E-state index in [1.807, 2.05) is 18.9 Å². The molecule has 0 saturated carbocycles. The first-order valence-corrected chi connectivity index (χ1v) is 5.97. The Labute approximate surface area is 107 Å². The van der Waals surface area contributed by atoms with Crippen LogP contribution >= 0.6 is 11.6 Å². The Balaban J connectivity index is 2.76. The van der Waals surface area contributed by atoms with Gasteiger partial charge in [0.1, 0.15) is 0 Å². The van der Waals surface area contributed by atoms with E-state index < -0.39 is 6.10 Å². The molecule has 94 valence electrons. The Kier molecular flexibility index (Phi) is 5.12. The van der Waals surface area contributed by atoms with Crippen LogP contribution < -0.4 is 0 Å². The van der Waals surface area contributed by atoms with Crippen molar-refractivity contribution < 1.29 is 9.90 Å². The topological polar surface area (TPSA) is 40.5 Å². The van der Waals surface area contributed by atoms with Crippen molar-refractivity contribution >= 4 is 17.4 Å². The molecule has 0 aliphatic carbocycles. The van der Waals surface area contributed by atoms with E-state index in [1.165, 1.54) is 0 Å². The normalized spacial score (nSPS) is 14.7. The molecule has 3 nitrogen and oxygen atoms in total. The minimum Gasteiger partial charge on any atom is -0.392 e.